The quantitative estimate of drug-likeness (QED) is 0.723. The molecule has 4 nitrogen and oxygen atoms in total. The van der Waals surface area contributed by atoms with Gasteiger partial charge in [0.25, 0.3) is 0 Å². The zero-order valence-corrected chi connectivity index (χ0v) is 10.1. The number of nitrogens with zero attached hydrogens (tertiary/aromatic N) is 1. The van der Waals surface area contributed by atoms with E-state index in [-0.39, 0.29) is 18.2 Å². The van der Waals surface area contributed by atoms with Crippen LogP contribution >= 0.6 is 0 Å². The van der Waals surface area contributed by atoms with Gasteiger partial charge in [0.2, 0.25) is 0 Å². The number of hydrogen-bond acceptors (Lipinski definition) is 3. The Hall–Kier alpha value is -0.770. The van der Waals surface area contributed by atoms with Crippen LogP contribution in [-0.2, 0) is 4.74 Å². The minimum Gasteiger partial charge on any atom is -0.444 e. The number of ether oxygens (including phenoxy) is 1. The molecular formula is C11H22N2O2. The van der Waals surface area contributed by atoms with Crippen molar-refractivity contribution < 1.29 is 9.53 Å². The van der Waals surface area contributed by atoms with Gasteiger partial charge in [-0.2, -0.15) is 0 Å². The van der Waals surface area contributed by atoms with Crippen molar-refractivity contribution >= 4 is 6.09 Å². The van der Waals surface area contributed by atoms with Crippen LogP contribution < -0.4 is 5.73 Å². The Morgan fingerprint density at radius 3 is 2.40 bits per heavy atom. The molecule has 2 unspecified atom stereocenters. The molecule has 1 aliphatic rings. The van der Waals surface area contributed by atoms with Crippen LogP contribution in [0.1, 0.15) is 40.0 Å². The van der Waals surface area contributed by atoms with E-state index in [2.05, 4.69) is 0 Å². The SMILES string of the molecule is CN(C(=O)OC(C)(C)C)C1CCCC1N. The third kappa shape index (κ3) is 3.38. The van der Waals surface area contributed by atoms with Crippen LogP contribution in [-0.4, -0.2) is 35.7 Å². The lowest BCUT2D eigenvalue weighted by molar-refractivity contribution is 0.0214. The van der Waals surface area contributed by atoms with Gasteiger partial charge in [-0.15, -0.1) is 0 Å². The van der Waals surface area contributed by atoms with Gasteiger partial charge in [-0.25, -0.2) is 4.79 Å². The molecule has 4 heteroatoms. The molecular weight excluding hydrogens is 192 g/mol. The number of hydrogen-bond donors (Lipinski definition) is 1. The second kappa shape index (κ2) is 4.39. The number of carbonyl (C=O) groups excluding carboxylic acids is 1. The highest BCUT2D eigenvalue weighted by atomic mass is 16.6. The summed E-state index contributed by atoms with van der Waals surface area (Å²) in [4.78, 5) is 13.4. The van der Waals surface area contributed by atoms with E-state index >= 15 is 0 Å². The van der Waals surface area contributed by atoms with E-state index in [1.54, 1.807) is 11.9 Å². The molecule has 15 heavy (non-hydrogen) atoms. The molecule has 0 heterocycles. The summed E-state index contributed by atoms with van der Waals surface area (Å²) < 4.78 is 5.29. The van der Waals surface area contributed by atoms with E-state index in [0.29, 0.717) is 0 Å². The fourth-order valence-electron chi connectivity index (χ4n) is 1.92. The molecule has 1 rings (SSSR count). The zero-order valence-electron chi connectivity index (χ0n) is 10.1. The first-order valence-electron chi connectivity index (χ1n) is 5.52. The summed E-state index contributed by atoms with van der Waals surface area (Å²) >= 11 is 0. The first-order chi connectivity index (χ1) is 6.81. The molecule has 0 radical (unpaired) electrons. The molecule has 2 N–H and O–H groups in total. The van der Waals surface area contributed by atoms with Crippen LogP contribution in [0.2, 0.25) is 0 Å². The van der Waals surface area contributed by atoms with Crippen LogP contribution in [0.25, 0.3) is 0 Å². The van der Waals surface area contributed by atoms with Crippen LogP contribution in [0.4, 0.5) is 4.79 Å². The van der Waals surface area contributed by atoms with E-state index < -0.39 is 5.60 Å². The van der Waals surface area contributed by atoms with Crippen molar-refractivity contribution in [3.05, 3.63) is 0 Å². The normalized spacial score (nSPS) is 26.5. The Balaban J connectivity index is 2.52. The van der Waals surface area contributed by atoms with Gasteiger partial charge in [0.05, 0.1) is 0 Å². The van der Waals surface area contributed by atoms with Gasteiger partial charge >= 0.3 is 6.09 Å². The van der Waals surface area contributed by atoms with Gasteiger partial charge in [-0.05, 0) is 40.0 Å². The van der Waals surface area contributed by atoms with E-state index in [4.69, 9.17) is 10.5 Å². The molecule has 1 amide bonds. The zero-order chi connectivity index (χ0) is 11.6. The number of carbonyl (C=O) groups is 1. The molecule has 1 aliphatic carbocycles. The van der Waals surface area contributed by atoms with E-state index in [0.717, 1.165) is 19.3 Å². The van der Waals surface area contributed by atoms with Crippen molar-refractivity contribution in [1.29, 1.82) is 0 Å². The van der Waals surface area contributed by atoms with Crippen LogP contribution in [0.15, 0.2) is 0 Å². The van der Waals surface area contributed by atoms with Crippen LogP contribution in [0.3, 0.4) is 0 Å². The minimum atomic E-state index is -0.436. The highest BCUT2D eigenvalue weighted by molar-refractivity contribution is 5.68. The summed E-state index contributed by atoms with van der Waals surface area (Å²) in [5.74, 6) is 0. The Labute approximate surface area is 91.8 Å². The highest BCUT2D eigenvalue weighted by Crippen LogP contribution is 2.23. The number of rotatable bonds is 1. The second-order valence-corrected chi connectivity index (χ2v) is 5.25. The average Bonchev–Trinajstić information content (AvgIpc) is 2.47. The monoisotopic (exact) mass is 214 g/mol. The maximum atomic E-state index is 11.7. The molecule has 0 aromatic rings. The first-order valence-corrected chi connectivity index (χ1v) is 5.52. The third-order valence-electron chi connectivity index (χ3n) is 2.71. The fraction of sp³-hybridized carbons (Fsp3) is 0.909. The Bertz CT molecular complexity index is 235. The predicted molar refractivity (Wildman–Crippen MR) is 59.6 cm³/mol. The summed E-state index contributed by atoms with van der Waals surface area (Å²) in [6.45, 7) is 5.61. The van der Waals surface area contributed by atoms with Gasteiger partial charge in [0.15, 0.2) is 0 Å². The Kier molecular flexibility index (Phi) is 3.60. The summed E-state index contributed by atoms with van der Waals surface area (Å²) in [6, 6.07) is 0.238. The summed E-state index contributed by atoms with van der Waals surface area (Å²) in [6.07, 6.45) is 2.80. The lowest BCUT2D eigenvalue weighted by Crippen LogP contribution is -2.47. The third-order valence-corrected chi connectivity index (χ3v) is 2.71. The summed E-state index contributed by atoms with van der Waals surface area (Å²) in [5.41, 5.74) is 5.50. The Morgan fingerprint density at radius 2 is 2.00 bits per heavy atom. The maximum absolute atomic E-state index is 11.7. The van der Waals surface area contributed by atoms with Crippen molar-refractivity contribution in [3.63, 3.8) is 0 Å². The molecule has 2 atom stereocenters. The lowest BCUT2D eigenvalue weighted by Gasteiger charge is -2.30. The molecule has 1 saturated carbocycles. The van der Waals surface area contributed by atoms with Crippen molar-refractivity contribution in [2.75, 3.05) is 7.05 Å². The first kappa shape index (κ1) is 12.3. The Morgan fingerprint density at radius 1 is 1.40 bits per heavy atom. The largest absolute Gasteiger partial charge is 0.444 e. The smallest absolute Gasteiger partial charge is 0.410 e. The van der Waals surface area contributed by atoms with Gasteiger partial charge in [-0.1, -0.05) is 0 Å². The fourth-order valence-corrected chi connectivity index (χ4v) is 1.92. The second-order valence-electron chi connectivity index (χ2n) is 5.25. The van der Waals surface area contributed by atoms with Gasteiger partial charge in [0, 0.05) is 19.1 Å². The van der Waals surface area contributed by atoms with E-state index in [1.807, 2.05) is 20.8 Å². The minimum absolute atomic E-state index is 0.0996. The van der Waals surface area contributed by atoms with E-state index in [1.165, 1.54) is 0 Å². The maximum Gasteiger partial charge on any atom is 0.410 e. The number of amides is 1. The van der Waals surface area contributed by atoms with E-state index in [9.17, 15) is 4.79 Å². The molecule has 0 aromatic carbocycles. The number of nitrogens with two attached hydrogens (primary N) is 1. The van der Waals surface area contributed by atoms with Gasteiger partial charge < -0.3 is 15.4 Å². The summed E-state index contributed by atoms with van der Waals surface area (Å²) in [7, 11) is 1.77. The molecule has 0 bridgehead atoms. The molecule has 0 aromatic heterocycles. The molecule has 1 fully saturated rings. The molecule has 0 aliphatic heterocycles. The predicted octanol–water partition coefficient (Wildman–Crippen LogP) is 1.73. The molecule has 0 saturated heterocycles. The van der Waals surface area contributed by atoms with Crippen LogP contribution in [0.5, 0.6) is 0 Å². The standard InChI is InChI=1S/C11H22N2O2/c1-11(2,3)15-10(14)13(4)9-7-5-6-8(9)12/h8-9H,5-7,12H2,1-4H3. The van der Waals surface area contributed by atoms with Gasteiger partial charge in [-0.3, -0.25) is 0 Å². The molecule has 0 spiro atoms. The number of likely N-dealkylation sites (N-methyl/N-ethyl adjacent to an activating group) is 1. The lowest BCUT2D eigenvalue weighted by atomic mass is 10.1. The van der Waals surface area contributed by atoms with Gasteiger partial charge in [0.1, 0.15) is 5.60 Å². The van der Waals surface area contributed by atoms with Crippen molar-refractivity contribution in [2.45, 2.75) is 57.7 Å². The van der Waals surface area contributed by atoms with Crippen molar-refractivity contribution in [2.24, 2.45) is 5.73 Å². The van der Waals surface area contributed by atoms with Crippen LogP contribution in [0, 0.1) is 0 Å². The topological polar surface area (TPSA) is 55.6 Å². The average molecular weight is 214 g/mol. The van der Waals surface area contributed by atoms with Crippen molar-refractivity contribution in [3.8, 4) is 0 Å². The molecule has 88 valence electrons. The van der Waals surface area contributed by atoms with Crippen molar-refractivity contribution in [1.82, 2.24) is 4.90 Å². The highest BCUT2D eigenvalue weighted by Gasteiger charge is 2.32. The summed E-state index contributed by atoms with van der Waals surface area (Å²) in [5, 5.41) is 0.